The van der Waals surface area contributed by atoms with Crippen molar-refractivity contribution in [1.29, 1.82) is 0 Å². The molecule has 0 bridgehead atoms. The number of esters is 1. The van der Waals surface area contributed by atoms with E-state index in [0.29, 0.717) is 12.2 Å². The molecule has 18 heavy (non-hydrogen) atoms. The van der Waals surface area contributed by atoms with Gasteiger partial charge >= 0.3 is 5.97 Å². The summed E-state index contributed by atoms with van der Waals surface area (Å²) in [4.78, 5) is 12.0. The molecule has 0 aromatic heterocycles. The number of carbonyl (C=O) groups excluding carboxylic acids is 1. The first kappa shape index (κ1) is 12.8. The van der Waals surface area contributed by atoms with Crippen LogP contribution in [0.15, 0.2) is 35.9 Å². The molecular weight excluding hydrogens is 228 g/mol. The summed E-state index contributed by atoms with van der Waals surface area (Å²) >= 11 is 0. The first-order valence-corrected chi connectivity index (χ1v) is 6.36. The molecule has 1 fully saturated rings. The van der Waals surface area contributed by atoms with Gasteiger partial charge in [-0.05, 0) is 31.4 Å². The molecule has 0 saturated carbocycles. The minimum Gasteiger partial charge on any atom is -0.463 e. The van der Waals surface area contributed by atoms with Crippen LogP contribution in [-0.2, 0) is 14.3 Å². The van der Waals surface area contributed by atoms with Crippen LogP contribution in [-0.4, -0.2) is 25.3 Å². The van der Waals surface area contributed by atoms with E-state index in [0.717, 1.165) is 25.0 Å². The van der Waals surface area contributed by atoms with Gasteiger partial charge in [0.15, 0.2) is 0 Å². The molecule has 3 nitrogen and oxygen atoms in total. The minimum absolute atomic E-state index is 0.121. The molecule has 1 aromatic rings. The van der Waals surface area contributed by atoms with E-state index < -0.39 is 0 Å². The van der Waals surface area contributed by atoms with Gasteiger partial charge in [0.05, 0.1) is 18.3 Å². The highest BCUT2D eigenvalue weighted by Crippen LogP contribution is 2.23. The largest absolute Gasteiger partial charge is 0.463 e. The van der Waals surface area contributed by atoms with Crippen LogP contribution in [0.25, 0.3) is 6.08 Å². The van der Waals surface area contributed by atoms with Crippen LogP contribution < -0.4 is 0 Å². The Morgan fingerprint density at radius 3 is 2.83 bits per heavy atom. The van der Waals surface area contributed by atoms with Gasteiger partial charge in [-0.15, -0.1) is 0 Å². The number of hydrogen-bond donors (Lipinski definition) is 0. The predicted molar refractivity (Wildman–Crippen MR) is 70.0 cm³/mol. The van der Waals surface area contributed by atoms with Crippen molar-refractivity contribution in [2.24, 2.45) is 0 Å². The fourth-order valence-corrected chi connectivity index (χ4v) is 2.05. The van der Waals surface area contributed by atoms with E-state index in [1.807, 2.05) is 43.3 Å². The summed E-state index contributed by atoms with van der Waals surface area (Å²) in [6.45, 7) is 2.92. The standard InChI is InChI=1S/C15H18O3/c1-2-17-15(16)13(14-9-6-10-18-14)11-12-7-4-3-5-8-12/h3-5,7-8,11,14H,2,6,9-10H2,1H3/b13-11-. The SMILES string of the molecule is CCOC(=O)/C(=C\c1ccccc1)C1CCCO1. The summed E-state index contributed by atoms with van der Waals surface area (Å²) in [6, 6.07) is 9.78. The van der Waals surface area contributed by atoms with Gasteiger partial charge in [-0.25, -0.2) is 4.79 Å². The van der Waals surface area contributed by atoms with Gasteiger partial charge in [0.1, 0.15) is 0 Å². The second kappa shape index (κ2) is 6.36. The van der Waals surface area contributed by atoms with Crippen LogP contribution in [0.1, 0.15) is 25.3 Å². The first-order valence-electron chi connectivity index (χ1n) is 6.36. The Morgan fingerprint density at radius 2 is 2.22 bits per heavy atom. The van der Waals surface area contributed by atoms with Gasteiger partial charge in [-0.3, -0.25) is 0 Å². The Kier molecular flexibility index (Phi) is 4.53. The second-order valence-corrected chi connectivity index (χ2v) is 4.23. The quantitative estimate of drug-likeness (QED) is 0.605. The van der Waals surface area contributed by atoms with E-state index in [9.17, 15) is 4.79 Å². The molecule has 1 atom stereocenters. The molecule has 3 heteroatoms. The van der Waals surface area contributed by atoms with Crippen LogP contribution in [0, 0.1) is 0 Å². The number of carbonyl (C=O) groups is 1. The Labute approximate surface area is 107 Å². The van der Waals surface area contributed by atoms with Gasteiger partial charge in [0.25, 0.3) is 0 Å². The summed E-state index contributed by atoms with van der Waals surface area (Å²) in [5, 5.41) is 0. The zero-order valence-electron chi connectivity index (χ0n) is 10.6. The van der Waals surface area contributed by atoms with Crippen molar-refractivity contribution in [3.05, 3.63) is 41.5 Å². The van der Waals surface area contributed by atoms with Gasteiger partial charge < -0.3 is 9.47 Å². The van der Waals surface area contributed by atoms with Crippen molar-refractivity contribution in [1.82, 2.24) is 0 Å². The molecule has 0 aliphatic carbocycles. The highest BCUT2D eigenvalue weighted by atomic mass is 16.5. The van der Waals surface area contributed by atoms with Gasteiger partial charge in [-0.2, -0.15) is 0 Å². The summed E-state index contributed by atoms with van der Waals surface area (Å²) in [6.07, 6.45) is 3.63. The molecule has 1 heterocycles. The van der Waals surface area contributed by atoms with E-state index in [2.05, 4.69) is 0 Å². The average molecular weight is 246 g/mol. The van der Waals surface area contributed by atoms with Crippen LogP contribution >= 0.6 is 0 Å². The molecule has 0 N–H and O–H groups in total. The zero-order valence-corrected chi connectivity index (χ0v) is 10.6. The molecule has 1 aliphatic rings. The topological polar surface area (TPSA) is 35.5 Å². The lowest BCUT2D eigenvalue weighted by Crippen LogP contribution is -2.19. The Bertz CT molecular complexity index is 417. The Hall–Kier alpha value is -1.61. The van der Waals surface area contributed by atoms with E-state index in [-0.39, 0.29) is 12.1 Å². The van der Waals surface area contributed by atoms with Crippen LogP contribution in [0.2, 0.25) is 0 Å². The van der Waals surface area contributed by atoms with Crippen molar-refractivity contribution in [2.75, 3.05) is 13.2 Å². The molecule has 0 radical (unpaired) electrons. The van der Waals surface area contributed by atoms with Crippen molar-refractivity contribution >= 4 is 12.0 Å². The van der Waals surface area contributed by atoms with Crippen molar-refractivity contribution < 1.29 is 14.3 Å². The molecule has 2 rings (SSSR count). The van der Waals surface area contributed by atoms with Gasteiger partial charge in [0, 0.05) is 6.61 Å². The Balaban J connectivity index is 2.23. The fourth-order valence-electron chi connectivity index (χ4n) is 2.05. The highest BCUT2D eigenvalue weighted by Gasteiger charge is 2.26. The van der Waals surface area contributed by atoms with Crippen LogP contribution in [0.4, 0.5) is 0 Å². The van der Waals surface area contributed by atoms with E-state index in [1.165, 1.54) is 0 Å². The molecule has 1 aliphatic heterocycles. The summed E-state index contributed by atoms with van der Waals surface area (Å²) in [5.41, 5.74) is 1.62. The van der Waals surface area contributed by atoms with Gasteiger partial charge in [0.2, 0.25) is 0 Å². The molecular formula is C15H18O3. The third-order valence-electron chi connectivity index (χ3n) is 2.91. The van der Waals surface area contributed by atoms with Crippen LogP contribution in [0.5, 0.6) is 0 Å². The smallest absolute Gasteiger partial charge is 0.336 e. The maximum Gasteiger partial charge on any atom is 0.336 e. The lowest BCUT2D eigenvalue weighted by molar-refractivity contribution is -0.139. The molecule has 1 saturated heterocycles. The predicted octanol–water partition coefficient (Wildman–Crippen LogP) is 2.81. The molecule has 1 unspecified atom stereocenters. The molecule has 96 valence electrons. The van der Waals surface area contributed by atoms with Gasteiger partial charge in [-0.1, -0.05) is 30.3 Å². The summed E-state index contributed by atoms with van der Waals surface area (Å²) in [5.74, 6) is -0.270. The summed E-state index contributed by atoms with van der Waals surface area (Å²) in [7, 11) is 0. The van der Waals surface area contributed by atoms with Crippen molar-refractivity contribution in [3.8, 4) is 0 Å². The number of ether oxygens (including phenoxy) is 2. The Morgan fingerprint density at radius 1 is 1.44 bits per heavy atom. The lowest BCUT2D eigenvalue weighted by atomic mass is 10.0. The molecule has 0 amide bonds. The number of rotatable bonds is 4. The average Bonchev–Trinajstić information content (AvgIpc) is 2.91. The highest BCUT2D eigenvalue weighted by molar-refractivity contribution is 5.94. The van der Waals surface area contributed by atoms with Crippen molar-refractivity contribution in [3.63, 3.8) is 0 Å². The van der Waals surface area contributed by atoms with Crippen molar-refractivity contribution in [2.45, 2.75) is 25.9 Å². The maximum atomic E-state index is 12.0. The fraction of sp³-hybridized carbons (Fsp3) is 0.400. The zero-order chi connectivity index (χ0) is 12.8. The third-order valence-corrected chi connectivity index (χ3v) is 2.91. The molecule has 0 spiro atoms. The van der Waals surface area contributed by atoms with E-state index >= 15 is 0 Å². The summed E-state index contributed by atoms with van der Waals surface area (Å²) < 4.78 is 10.7. The maximum absolute atomic E-state index is 12.0. The monoisotopic (exact) mass is 246 g/mol. The van der Waals surface area contributed by atoms with E-state index in [4.69, 9.17) is 9.47 Å². The third kappa shape index (κ3) is 3.20. The molecule has 1 aromatic carbocycles. The lowest BCUT2D eigenvalue weighted by Gasteiger charge is -2.13. The van der Waals surface area contributed by atoms with Crippen LogP contribution in [0.3, 0.4) is 0 Å². The minimum atomic E-state index is -0.270. The number of hydrogen-bond acceptors (Lipinski definition) is 3. The van der Waals surface area contributed by atoms with E-state index in [1.54, 1.807) is 0 Å². The second-order valence-electron chi connectivity index (χ2n) is 4.23. The number of benzene rings is 1. The normalized spacial score (nSPS) is 19.8. The first-order chi connectivity index (χ1) is 8.81.